The van der Waals surface area contributed by atoms with Gasteiger partial charge in [-0.05, 0) is 71.3 Å². The monoisotopic (exact) mass is 422 g/mol. The molecule has 3 unspecified atom stereocenters. The van der Waals surface area contributed by atoms with Crippen LogP contribution in [0.3, 0.4) is 0 Å². The summed E-state index contributed by atoms with van der Waals surface area (Å²) in [6, 6.07) is 22.0. The number of hydrogen-bond donors (Lipinski definition) is 1. The highest BCUT2D eigenvalue weighted by Gasteiger charge is 2.38. The Labute approximate surface area is 190 Å². The second-order valence-electron chi connectivity index (χ2n) is 9.59. The van der Waals surface area contributed by atoms with E-state index >= 15 is 0 Å². The summed E-state index contributed by atoms with van der Waals surface area (Å²) in [6.45, 7) is 1.79. The fraction of sp³-hybridized carbons (Fsp3) is 0.345. The summed E-state index contributed by atoms with van der Waals surface area (Å²) in [5, 5.41) is 6.41. The maximum atomic E-state index is 13.2. The largest absolute Gasteiger partial charge is 0.378 e. The van der Waals surface area contributed by atoms with Gasteiger partial charge in [0.2, 0.25) is 0 Å². The molecule has 1 fully saturated rings. The summed E-state index contributed by atoms with van der Waals surface area (Å²) < 4.78 is 0. The van der Waals surface area contributed by atoms with Crippen molar-refractivity contribution in [3.05, 3.63) is 89.5 Å². The van der Waals surface area contributed by atoms with Gasteiger partial charge < -0.3 is 10.2 Å². The lowest BCUT2D eigenvalue weighted by atomic mass is 9.76. The zero-order chi connectivity index (χ0) is 21.5. The first-order chi connectivity index (χ1) is 15.8. The highest BCUT2D eigenvalue weighted by molar-refractivity contribution is 5.95. The number of amides is 1. The summed E-state index contributed by atoms with van der Waals surface area (Å²) in [5.41, 5.74) is 4.64. The molecule has 0 radical (unpaired) electrons. The maximum Gasteiger partial charge on any atom is 0.253 e. The van der Waals surface area contributed by atoms with Gasteiger partial charge in [0.05, 0.1) is 6.04 Å². The molecule has 0 spiro atoms. The van der Waals surface area contributed by atoms with Crippen LogP contribution in [0.2, 0.25) is 0 Å². The Hall–Kier alpha value is -3.07. The minimum Gasteiger partial charge on any atom is -0.378 e. The highest BCUT2D eigenvalue weighted by atomic mass is 16.2. The summed E-state index contributed by atoms with van der Waals surface area (Å²) in [5.74, 6) is 1.04. The van der Waals surface area contributed by atoms with Crippen molar-refractivity contribution in [2.24, 2.45) is 5.92 Å². The molecule has 1 saturated heterocycles. The van der Waals surface area contributed by atoms with E-state index in [1.165, 1.54) is 40.4 Å². The van der Waals surface area contributed by atoms with E-state index in [4.69, 9.17) is 0 Å². The minimum absolute atomic E-state index is 0.199. The van der Waals surface area contributed by atoms with Crippen LogP contribution in [0, 0.1) is 5.92 Å². The first kappa shape index (κ1) is 19.6. The Morgan fingerprint density at radius 1 is 0.875 bits per heavy atom. The van der Waals surface area contributed by atoms with Crippen LogP contribution < -0.4 is 5.32 Å². The van der Waals surface area contributed by atoms with Crippen molar-refractivity contribution in [1.82, 2.24) is 4.90 Å². The molecule has 2 aliphatic heterocycles. The van der Waals surface area contributed by atoms with Crippen LogP contribution in [0.25, 0.3) is 10.8 Å². The molecule has 1 N–H and O–H groups in total. The number of rotatable bonds is 2. The van der Waals surface area contributed by atoms with Gasteiger partial charge in [-0.3, -0.25) is 4.79 Å². The van der Waals surface area contributed by atoms with Crippen LogP contribution >= 0.6 is 0 Å². The lowest BCUT2D eigenvalue weighted by Crippen LogP contribution is -2.33. The van der Waals surface area contributed by atoms with Gasteiger partial charge in [0, 0.05) is 30.3 Å². The molecule has 3 heteroatoms. The van der Waals surface area contributed by atoms with E-state index in [2.05, 4.69) is 77.0 Å². The van der Waals surface area contributed by atoms with Crippen molar-refractivity contribution >= 4 is 22.4 Å². The summed E-state index contributed by atoms with van der Waals surface area (Å²) in [6.07, 6.45) is 10.5. The van der Waals surface area contributed by atoms with E-state index in [0.29, 0.717) is 11.8 Å². The number of benzene rings is 3. The second-order valence-corrected chi connectivity index (χ2v) is 9.59. The van der Waals surface area contributed by atoms with Crippen molar-refractivity contribution in [2.45, 2.75) is 44.1 Å². The molecule has 0 aromatic heterocycles. The van der Waals surface area contributed by atoms with E-state index in [1.54, 1.807) is 0 Å². The smallest absolute Gasteiger partial charge is 0.253 e. The summed E-state index contributed by atoms with van der Waals surface area (Å²) in [7, 11) is 0. The fourth-order valence-electron chi connectivity index (χ4n) is 5.92. The minimum atomic E-state index is 0.199. The normalized spacial score (nSPS) is 24.5. The van der Waals surface area contributed by atoms with Crippen molar-refractivity contribution in [3.8, 4) is 0 Å². The Morgan fingerprint density at radius 3 is 2.53 bits per heavy atom. The van der Waals surface area contributed by atoms with E-state index < -0.39 is 0 Å². The van der Waals surface area contributed by atoms with Crippen molar-refractivity contribution in [3.63, 3.8) is 0 Å². The van der Waals surface area contributed by atoms with Crippen molar-refractivity contribution < 1.29 is 4.79 Å². The molecular weight excluding hydrogens is 392 g/mol. The average Bonchev–Trinajstić information content (AvgIpc) is 3.18. The molecule has 3 aliphatic rings. The van der Waals surface area contributed by atoms with Crippen LogP contribution in [0.4, 0.5) is 5.69 Å². The molecule has 3 nitrogen and oxygen atoms in total. The molecule has 32 heavy (non-hydrogen) atoms. The van der Waals surface area contributed by atoms with Crippen LogP contribution in [-0.2, 0) is 0 Å². The SMILES string of the molecule is O=C(c1ccc2c(c1)C1C=CCC1C(c1ccc3ccccc3c1)N2)N1CCCCCC1. The van der Waals surface area contributed by atoms with Crippen molar-refractivity contribution in [1.29, 1.82) is 0 Å². The number of allylic oxidation sites excluding steroid dienone is 2. The Bertz CT molecular complexity index is 1190. The number of nitrogens with one attached hydrogen (secondary N) is 1. The van der Waals surface area contributed by atoms with Gasteiger partial charge >= 0.3 is 0 Å². The van der Waals surface area contributed by atoms with E-state index in [9.17, 15) is 4.79 Å². The van der Waals surface area contributed by atoms with Gasteiger partial charge in [0.25, 0.3) is 5.91 Å². The van der Waals surface area contributed by atoms with Gasteiger partial charge in [-0.25, -0.2) is 0 Å². The zero-order valence-electron chi connectivity index (χ0n) is 18.5. The van der Waals surface area contributed by atoms with Crippen LogP contribution in [0.1, 0.15) is 65.5 Å². The molecule has 162 valence electrons. The molecule has 1 amide bonds. The highest BCUT2D eigenvalue weighted by Crippen LogP contribution is 2.50. The number of carbonyl (C=O) groups excluding carboxylic acids is 1. The number of likely N-dealkylation sites (tertiary alicyclic amines) is 1. The Morgan fingerprint density at radius 2 is 1.69 bits per heavy atom. The standard InChI is InChI=1S/C29H30N2O/c32-29(31-16-5-1-2-6-17-31)23-14-15-27-26(19-23)24-10-7-11-25(24)28(30-27)22-13-12-20-8-3-4-9-21(20)18-22/h3-4,7-10,12-15,18-19,24-25,28,30H,1-2,5-6,11,16-17H2. The first-order valence-corrected chi connectivity index (χ1v) is 12.1. The first-order valence-electron chi connectivity index (χ1n) is 12.1. The molecule has 6 rings (SSSR count). The van der Waals surface area contributed by atoms with Gasteiger partial charge in [0.15, 0.2) is 0 Å². The molecule has 3 atom stereocenters. The Kier molecular flexibility index (Phi) is 4.98. The van der Waals surface area contributed by atoms with Gasteiger partial charge in [-0.2, -0.15) is 0 Å². The van der Waals surface area contributed by atoms with Gasteiger partial charge in [0.1, 0.15) is 0 Å². The van der Waals surface area contributed by atoms with Crippen molar-refractivity contribution in [2.75, 3.05) is 18.4 Å². The number of nitrogens with zero attached hydrogens (tertiary/aromatic N) is 1. The molecule has 0 saturated carbocycles. The summed E-state index contributed by atoms with van der Waals surface area (Å²) >= 11 is 0. The van der Waals surface area contributed by atoms with Crippen LogP contribution in [0.5, 0.6) is 0 Å². The molecule has 3 aromatic carbocycles. The third kappa shape index (κ3) is 3.40. The molecule has 2 heterocycles. The number of carbonyl (C=O) groups is 1. The topological polar surface area (TPSA) is 32.3 Å². The average molecular weight is 423 g/mol. The summed E-state index contributed by atoms with van der Waals surface area (Å²) in [4.78, 5) is 15.3. The number of anilines is 1. The van der Waals surface area contributed by atoms with E-state index in [1.807, 2.05) is 6.07 Å². The Balaban J connectivity index is 1.33. The lowest BCUT2D eigenvalue weighted by molar-refractivity contribution is 0.0761. The van der Waals surface area contributed by atoms with E-state index in [0.717, 1.165) is 37.9 Å². The number of fused-ring (bicyclic) bond motifs is 4. The third-order valence-corrected chi connectivity index (χ3v) is 7.64. The quantitative estimate of drug-likeness (QED) is 0.467. The fourth-order valence-corrected chi connectivity index (χ4v) is 5.92. The predicted molar refractivity (Wildman–Crippen MR) is 131 cm³/mol. The predicted octanol–water partition coefficient (Wildman–Crippen LogP) is 6.68. The van der Waals surface area contributed by atoms with Gasteiger partial charge in [-0.1, -0.05) is 61.4 Å². The van der Waals surface area contributed by atoms with Crippen LogP contribution in [0.15, 0.2) is 72.8 Å². The van der Waals surface area contributed by atoms with Gasteiger partial charge in [-0.15, -0.1) is 0 Å². The lowest BCUT2D eigenvalue weighted by Gasteiger charge is -2.38. The molecule has 1 aliphatic carbocycles. The zero-order valence-corrected chi connectivity index (χ0v) is 18.5. The molecular formula is C29H30N2O. The third-order valence-electron chi connectivity index (χ3n) is 7.64. The van der Waals surface area contributed by atoms with Crippen LogP contribution in [-0.4, -0.2) is 23.9 Å². The number of hydrogen-bond acceptors (Lipinski definition) is 2. The van der Waals surface area contributed by atoms with E-state index in [-0.39, 0.29) is 11.9 Å². The molecule has 0 bridgehead atoms. The second kappa shape index (κ2) is 8.12. The maximum absolute atomic E-state index is 13.2. The molecule has 3 aromatic rings.